The lowest BCUT2D eigenvalue weighted by atomic mass is 9.87. The van der Waals surface area contributed by atoms with Gasteiger partial charge in [0.15, 0.2) is 11.5 Å². The second-order valence-electron chi connectivity index (χ2n) is 10.5. The van der Waals surface area contributed by atoms with Crippen molar-refractivity contribution in [2.75, 3.05) is 39.2 Å². The molecule has 0 fully saturated rings. The molecule has 226 valence electrons. The normalized spacial score (nSPS) is 15.2. The fourth-order valence-electron chi connectivity index (χ4n) is 5.63. The van der Waals surface area contributed by atoms with E-state index in [1.165, 1.54) is 14.2 Å². The molecular formula is C32H32F4N4O3. The third kappa shape index (κ3) is 6.83. The maximum atomic E-state index is 14.3. The maximum absolute atomic E-state index is 14.3. The summed E-state index contributed by atoms with van der Waals surface area (Å²) in [5, 5.41) is 6.60. The fourth-order valence-corrected chi connectivity index (χ4v) is 5.63. The molecule has 1 aromatic heterocycles. The van der Waals surface area contributed by atoms with E-state index in [1.807, 2.05) is 43.3 Å². The van der Waals surface area contributed by atoms with Crippen LogP contribution >= 0.6 is 0 Å². The van der Waals surface area contributed by atoms with Crippen LogP contribution < -0.4 is 20.1 Å². The third-order valence-corrected chi connectivity index (χ3v) is 7.60. The van der Waals surface area contributed by atoms with Crippen LogP contribution in [0, 0.1) is 12.7 Å². The second kappa shape index (κ2) is 12.5. The highest BCUT2D eigenvalue weighted by molar-refractivity contribution is 6.00. The van der Waals surface area contributed by atoms with Gasteiger partial charge < -0.3 is 20.1 Å². The molecule has 2 N–H and O–H groups in total. The lowest BCUT2D eigenvalue weighted by Crippen LogP contribution is -2.42. The first-order valence-electron chi connectivity index (χ1n) is 13.8. The van der Waals surface area contributed by atoms with Crippen molar-refractivity contribution >= 4 is 22.6 Å². The van der Waals surface area contributed by atoms with E-state index in [4.69, 9.17) is 9.47 Å². The van der Waals surface area contributed by atoms with Crippen LogP contribution in [0.15, 0.2) is 60.7 Å². The van der Waals surface area contributed by atoms with Crippen LogP contribution in [0.3, 0.4) is 0 Å². The number of halogens is 4. The molecule has 0 saturated carbocycles. The van der Waals surface area contributed by atoms with Crippen molar-refractivity contribution < 1.29 is 31.8 Å². The standard InChI is InChI=1S/C32H32F4N4O3/c1-19-12-27(24-6-4-5-7-26(24)38-19)39-31(41)37-9-11-40-10-8-21-16-29(42-2)30(43-3)18-25(21)28(40)15-20-13-22(32(34,35)36)17-23(33)14-20/h4-7,12-14,16-18,28H,8-11,15H2,1-3H3,(H2,37,38,39,41). The van der Waals surface area contributed by atoms with Crippen LogP contribution in [0.25, 0.3) is 10.9 Å². The molecule has 2 heterocycles. The molecule has 5 rings (SSSR count). The van der Waals surface area contributed by atoms with Gasteiger partial charge in [-0.3, -0.25) is 9.88 Å². The first-order chi connectivity index (χ1) is 20.5. The van der Waals surface area contributed by atoms with Crippen LogP contribution in [-0.2, 0) is 19.0 Å². The van der Waals surface area contributed by atoms with Gasteiger partial charge in [0.2, 0.25) is 0 Å². The number of rotatable bonds is 8. The van der Waals surface area contributed by atoms with Crippen molar-refractivity contribution in [2.45, 2.75) is 32.0 Å². The molecule has 4 aromatic rings. The van der Waals surface area contributed by atoms with Crippen LogP contribution in [0.4, 0.5) is 28.0 Å². The summed E-state index contributed by atoms with van der Waals surface area (Å²) in [7, 11) is 3.05. The number of hydrogen-bond donors (Lipinski definition) is 2. The largest absolute Gasteiger partial charge is 0.493 e. The zero-order valence-electron chi connectivity index (χ0n) is 24.0. The van der Waals surface area contributed by atoms with Gasteiger partial charge in [-0.2, -0.15) is 13.2 Å². The van der Waals surface area contributed by atoms with Gasteiger partial charge in [-0.25, -0.2) is 9.18 Å². The minimum atomic E-state index is -4.67. The Morgan fingerprint density at radius 1 is 1.05 bits per heavy atom. The lowest BCUT2D eigenvalue weighted by molar-refractivity contribution is -0.137. The highest BCUT2D eigenvalue weighted by Gasteiger charge is 2.33. The van der Waals surface area contributed by atoms with Crippen LogP contribution in [0.1, 0.15) is 34.0 Å². The number of para-hydroxylation sites is 1. The Balaban J connectivity index is 1.36. The number of aryl methyl sites for hydroxylation is 1. The Hall–Kier alpha value is -4.38. The molecule has 0 bridgehead atoms. The van der Waals surface area contributed by atoms with Gasteiger partial charge in [0.25, 0.3) is 0 Å². The van der Waals surface area contributed by atoms with E-state index in [0.717, 1.165) is 39.9 Å². The number of pyridine rings is 1. The summed E-state index contributed by atoms with van der Waals surface area (Å²) < 4.78 is 65.7. The number of carbonyl (C=O) groups excluding carboxylic acids is 1. The van der Waals surface area contributed by atoms with Gasteiger partial charge in [-0.15, -0.1) is 0 Å². The topological polar surface area (TPSA) is 75.7 Å². The Kier molecular flexibility index (Phi) is 8.72. The average molecular weight is 597 g/mol. The number of nitrogens with one attached hydrogen (secondary N) is 2. The van der Waals surface area contributed by atoms with E-state index in [2.05, 4.69) is 20.5 Å². The molecule has 1 unspecified atom stereocenters. The first kappa shape index (κ1) is 30.1. The molecule has 0 radical (unpaired) electrons. The zero-order valence-corrected chi connectivity index (χ0v) is 24.0. The molecule has 43 heavy (non-hydrogen) atoms. The van der Waals surface area contributed by atoms with Gasteiger partial charge in [0.1, 0.15) is 5.82 Å². The summed E-state index contributed by atoms with van der Waals surface area (Å²) in [5.74, 6) is 0.0911. The summed E-state index contributed by atoms with van der Waals surface area (Å²) in [6.07, 6.45) is -3.90. The van der Waals surface area contributed by atoms with Crippen LogP contribution in [0.5, 0.6) is 11.5 Å². The number of nitrogens with zero attached hydrogens (tertiary/aromatic N) is 2. The van der Waals surface area contributed by atoms with Crippen molar-refractivity contribution in [3.63, 3.8) is 0 Å². The number of carbonyl (C=O) groups is 1. The minimum absolute atomic E-state index is 0.123. The first-order valence-corrected chi connectivity index (χ1v) is 13.8. The molecule has 11 heteroatoms. The Labute approximate surface area is 246 Å². The van der Waals surface area contributed by atoms with E-state index in [0.29, 0.717) is 42.8 Å². The molecule has 0 spiro atoms. The lowest BCUT2D eigenvalue weighted by Gasteiger charge is -2.38. The number of fused-ring (bicyclic) bond motifs is 2. The summed E-state index contributed by atoms with van der Waals surface area (Å²) in [4.78, 5) is 19.4. The van der Waals surface area contributed by atoms with Crippen molar-refractivity contribution in [1.82, 2.24) is 15.2 Å². The van der Waals surface area contributed by atoms with Gasteiger partial charge in [0.05, 0.1) is 31.0 Å². The molecule has 1 atom stereocenters. The number of anilines is 1. The number of ether oxygens (including phenoxy) is 2. The predicted molar refractivity (Wildman–Crippen MR) is 156 cm³/mol. The monoisotopic (exact) mass is 596 g/mol. The Bertz CT molecular complexity index is 1640. The summed E-state index contributed by atoms with van der Waals surface area (Å²) >= 11 is 0. The van der Waals surface area contributed by atoms with E-state index in [1.54, 1.807) is 6.07 Å². The van der Waals surface area contributed by atoms with Crippen molar-refractivity contribution in [1.29, 1.82) is 0 Å². The van der Waals surface area contributed by atoms with E-state index in [-0.39, 0.29) is 18.5 Å². The average Bonchev–Trinajstić information content (AvgIpc) is 2.96. The zero-order chi connectivity index (χ0) is 30.7. The summed E-state index contributed by atoms with van der Waals surface area (Å²) in [5.41, 5.74) is 3.18. The van der Waals surface area contributed by atoms with Gasteiger partial charge >= 0.3 is 12.2 Å². The number of methoxy groups -OCH3 is 2. The SMILES string of the molecule is COc1cc2c(cc1OC)C(Cc1cc(F)cc(C(F)(F)F)c1)N(CCNC(=O)Nc1cc(C)nc3ccccc13)CC2. The van der Waals surface area contributed by atoms with Crippen LogP contribution in [-0.4, -0.2) is 49.8 Å². The molecule has 0 aliphatic carbocycles. The van der Waals surface area contributed by atoms with E-state index < -0.39 is 29.6 Å². The highest BCUT2D eigenvalue weighted by Crippen LogP contribution is 2.40. The predicted octanol–water partition coefficient (Wildman–Crippen LogP) is 6.68. The minimum Gasteiger partial charge on any atom is -0.493 e. The van der Waals surface area contributed by atoms with Crippen LogP contribution in [0.2, 0.25) is 0 Å². The number of alkyl halides is 3. The quantitative estimate of drug-likeness (QED) is 0.222. The van der Waals surface area contributed by atoms with E-state index in [9.17, 15) is 22.4 Å². The molecular weight excluding hydrogens is 564 g/mol. The number of aromatic nitrogens is 1. The van der Waals surface area contributed by atoms with Gasteiger partial charge in [-0.1, -0.05) is 18.2 Å². The van der Waals surface area contributed by atoms with Gasteiger partial charge in [0, 0.05) is 36.8 Å². The number of benzene rings is 3. The maximum Gasteiger partial charge on any atom is 0.416 e. The Morgan fingerprint density at radius 3 is 2.53 bits per heavy atom. The summed E-state index contributed by atoms with van der Waals surface area (Å²) in [6, 6.07) is 14.8. The number of hydrogen-bond acceptors (Lipinski definition) is 5. The van der Waals surface area contributed by atoms with Crippen molar-refractivity contribution in [3.8, 4) is 11.5 Å². The van der Waals surface area contributed by atoms with Gasteiger partial charge in [-0.05, 0) is 78.9 Å². The smallest absolute Gasteiger partial charge is 0.416 e. The highest BCUT2D eigenvalue weighted by atomic mass is 19.4. The summed E-state index contributed by atoms with van der Waals surface area (Å²) in [6.45, 7) is 3.10. The van der Waals surface area contributed by atoms with E-state index >= 15 is 0 Å². The number of amides is 2. The third-order valence-electron chi connectivity index (χ3n) is 7.60. The molecule has 1 aliphatic rings. The number of urea groups is 1. The molecule has 3 aromatic carbocycles. The second-order valence-corrected chi connectivity index (χ2v) is 10.5. The molecule has 7 nitrogen and oxygen atoms in total. The molecule has 1 aliphatic heterocycles. The fraction of sp³-hybridized carbons (Fsp3) is 0.312. The Morgan fingerprint density at radius 2 is 1.79 bits per heavy atom. The molecule has 2 amide bonds. The van der Waals surface area contributed by atoms with Crippen molar-refractivity contribution in [3.05, 3.63) is 94.4 Å². The molecule has 0 saturated heterocycles. The van der Waals surface area contributed by atoms with Crippen molar-refractivity contribution in [2.24, 2.45) is 0 Å².